The molecule has 2 aromatic rings. The third-order valence-corrected chi connectivity index (χ3v) is 3.38. The molecule has 0 aromatic heterocycles. The lowest BCUT2D eigenvalue weighted by Gasteiger charge is -2.10. The fourth-order valence-electron chi connectivity index (χ4n) is 1.64. The molecule has 1 amide bonds. The number of hydrogen-bond acceptors (Lipinski definition) is 3. The first-order valence-corrected chi connectivity index (χ1v) is 6.49. The summed E-state index contributed by atoms with van der Waals surface area (Å²) in [5.74, 6) is -0.0511. The monoisotopic (exact) mass is 310 g/mol. The number of ether oxygens (including phenoxy) is 1. The largest absolute Gasteiger partial charge is 0.487 e. The summed E-state index contributed by atoms with van der Waals surface area (Å²) >= 11 is 11.7. The van der Waals surface area contributed by atoms with Gasteiger partial charge in [0.15, 0.2) is 0 Å². The molecule has 104 valence electrons. The molecule has 6 heteroatoms. The molecule has 0 aliphatic carbocycles. The lowest BCUT2D eigenvalue weighted by atomic mass is 10.1. The van der Waals surface area contributed by atoms with Crippen LogP contribution >= 0.6 is 23.2 Å². The minimum atomic E-state index is -0.485. The summed E-state index contributed by atoms with van der Waals surface area (Å²) in [5, 5.41) is 0.731. The minimum absolute atomic E-state index is 0.239. The normalized spacial score (nSPS) is 10.3. The molecule has 0 bridgehead atoms. The van der Waals surface area contributed by atoms with Crippen LogP contribution in [0.3, 0.4) is 0 Å². The Morgan fingerprint density at radius 1 is 1.15 bits per heavy atom. The molecule has 0 radical (unpaired) electrons. The highest BCUT2D eigenvalue weighted by molar-refractivity contribution is 6.42. The van der Waals surface area contributed by atoms with Gasteiger partial charge in [-0.15, -0.1) is 0 Å². The SMILES string of the molecule is NC(=O)c1cccc(COc2cc(Cl)c(Cl)cc2N)c1. The zero-order valence-corrected chi connectivity index (χ0v) is 11.9. The van der Waals surface area contributed by atoms with Crippen LogP contribution in [0.15, 0.2) is 36.4 Å². The number of nitrogens with two attached hydrogens (primary N) is 2. The average Bonchev–Trinajstić information content (AvgIpc) is 2.41. The summed E-state index contributed by atoms with van der Waals surface area (Å²) in [6.45, 7) is 0.239. The molecule has 0 saturated carbocycles. The Labute approximate surface area is 126 Å². The summed E-state index contributed by atoms with van der Waals surface area (Å²) in [7, 11) is 0. The van der Waals surface area contributed by atoms with Gasteiger partial charge in [-0.3, -0.25) is 4.79 Å². The molecule has 4 N–H and O–H groups in total. The highest BCUT2D eigenvalue weighted by Crippen LogP contribution is 2.32. The van der Waals surface area contributed by atoms with Gasteiger partial charge in [-0.2, -0.15) is 0 Å². The van der Waals surface area contributed by atoms with Gasteiger partial charge in [0.05, 0.1) is 15.7 Å². The van der Waals surface area contributed by atoms with E-state index in [1.54, 1.807) is 24.3 Å². The van der Waals surface area contributed by atoms with E-state index < -0.39 is 5.91 Å². The van der Waals surface area contributed by atoms with Gasteiger partial charge in [0.25, 0.3) is 0 Å². The molecule has 0 atom stereocenters. The van der Waals surface area contributed by atoms with E-state index in [0.29, 0.717) is 27.0 Å². The molecule has 0 aliphatic heterocycles. The van der Waals surface area contributed by atoms with Crippen molar-refractivity contribution in [1.29, 1.82) is 0 Å². The molecule has 0 unspecified atom stereocenters. The molecule has 0 fully saturated rings. The number of rotatable bonds is 4. The molecule has 2 rings (SSSR count). The van der Waals surface area contributed by atoms with E-state index in [9.17, 15) is 4.79 Å². The standard InChI is InChI=1S/C14H12Cl2N2O2/c15-10-5-12(17)13(6-11(10)16)20-7-8-2-1-3-9(4-8)14(18)19/h1-6H,7,17H2,(H2,18,19). The minimum Gasteiger partial charge on any atom is -0.487 e. The first kappa shape index (κ1) is 14.5. The maximum absolute atomic E-state index is 11.1. The lowest BCUT2D eigenvalue weighted by molar-refractivity contribution is 0.1000. The van der Waals surface area contributed by atoms with Crippen molar-refractivity contribution in [3.05, 3.63) is 57.6 Å². The van der Waals surface area contributed by atoms with E-state index in [1.807, 2.05) is 6.07 Å². The van der Waals surface area contributed by atoms with Crippen LogP contribution in [0.1, 0.15) is 15.9 Å². The predicted octanol–water partition coefficient (Wildman–Crippen LogP) is 3.25. The van der Waals surface area contributed by atoms with Gasteiger partial charge < -0.3 is 16.2 Å². The quantitative estimate of drug-likeness (QED) is 0.851. The predicted molar refractivity (Wildman–Crippen MR) is 80.2 cm³/mol. The number of primary amides is 1. The van der Waals surface area contributed by atoms with Crippen molar-refractivity contribution in [1.82, 2.24) is 0 Å². The van der Waals surface area contributed by atoms with Crippen LogP contribution < -0.4 is 16.2 Å². The molecule has 0 spiro atoms. The highest BCUT2D eigenvalue weighted by Gasteiger charge is 2.07. The smallest absolute Gasteiger partial charge is 0.248 e. The maximum Gasteiger partial charge on any atom is 0.248 e. The number of nitrogen functional groups attached to an aromatic ring is 1. The van der Waals surface area contributed by atoms with E-state index in [4.69, 9.17) is 39.4 Å². The first-order valence-electron chi connectivity index (χ1n) is 5.73. The Hall–Kier alpha value is -1.91. The van der Waals surface area contributed by atoms with Crippen LogP contribution in [-0.4, -0.2) is 5.91 Å². The van der Waals surface area contributed by atoms with Crippen LogP contribution in [0.2, 0.25) is 10.0 Å². The fourth-order valence-corrected chi connectivity index (χ4v) is 1.97. The fraction of sp³-hybridized carbons (Fsp3) is 0.0714. The number of hydrogen-bond donors (Lipinski definition) is 2. The molecule has 0 saturated heterocycles. The Balaban J connectivity index is 2.15. The molecule has 20 heavy (non-hydrogen) atoms. The Morgan fingerprint density at radius 2 is 1.85 bits per heavy atom. The number of carbonyl (C=O) groups excluding carboxylic acids is 1. The van der Waals surface area contributed by atoms with Crippen LogP contribution in [0.25, 0.3) is 0 Å². The third-order valence-electron chi connectivity index (χ3n) is 2.66. The van der Waals surface area contributed by atoms with Gasteiger partial charge in [0.2, 0.25) is 5.91 Å². The van der Waals surface area contributed by atoms with Gasteiger partial charge >= 0.3 is 0 Å². The molecular formula is C14H12Cl2N2O2. The van der Waals surface area contributed by atoms with Gasteiger partial charge in [-0.05, 0) is 23.8 Å². The molecule has 4 nitrogen and oxygen atoms in total. The summed E-state index contributed by atoms with van der Waals surface area (Å²) in [6.07, 6.45) is 0. The Bertz CT molecular complexity index is 660. The van der Waals surface area contributed by atoms with Crippen molar-refractivity contribution in [2.75, 3.05) is 5.73 Å². The van der Waals surface area contributed by atoms with Crippen molar-refractivity contribution in [2.24, 2.45) is 5.73 Å². The van der Waals surface area contributed by atoms with Crippen molar-refractivity contribution >= 4 is 34.8 Å². The van der Waals surface area contributed by atoms with Crippen LogP contribution in [0, 0.1) is 0 Å². The lowest BCUT2D eigenvalue weighted by Crippen LogP contribution is -2.11. The number of benzene rings is 2. The van der Waals surface area contributed by atoms with Crippen molar-refractivity contribution in [3.63, 3.8) is 0 Å². The number of carbonyl (C=O) groups is 1. The van der Waals surface area contributed by atoms with Crippen molar-refractivity contribution in [3.8, 4) is 5.75 Å². The second-order valence-electron chi connectivity index (χ2n) is 4.16. The van der Waals surface area contributed by atoms with Crippen molar-refractivity contribution in [2.45, 2.75) is 6.61 Å². The maximum atomic E-state index is 11.1. The molecule has 2 aromatic carbocycles. The molecular weight excluding hydrogens is 299 g/mol. The number of halogens is 2. The van der Waals surface area contributed by atoms with Crippen molar-refractivity contribution < 1.29 is 9.53 Å². The summed E-state index contributed by atoms with van der Waals surface area (Å²) < 4.78 is 5.57. The second kappa shape index (κ2) is 6.03. The number of amides is 1. The van der Waals surface area contributed by atoms with Gasteiger partial charge in [-0.1, -0.05) is 35.3 Å². The van der Waals surface area contributed by atoms with E-state index in [2.05, 4.69) is 0 Å². The van der Waals surface area contributed by atoms with E-state index in [-0.39, 0.29) is 6.61 Å². The Morgan fingerprint density at radius 3 is 2.55 bits per heavy atom. The van der Waals surface area contributed by atoms with Gasteiger partial charge in [0.1, 0.15) is 12.4 Å². The zero-order chi connectivity index (χ0) is 14.7. The van der Waals surface area contributed by atoms with Crippen LogP contribution in [0.4, 0.5) is 5.69 Å². The van der Waals surface area contributed by atoms with Crippen LogP contribution in [0.5, 0.6) is 5.75 Å². The van der Waals surface area contributed by atoms with Crippen LogP contribution in [-0.2, 0) is 6.61 Å². The molecule has 0 heterocycles. The first-order chi connectivity index (χ1) is 9.47. The Kier molecular flexibility index (Phi) is 4.37. The zero-order valence-electron chi connectivity index (χ0n) is 10.4. The third kappa shape index (κ3) is 3.35. The topological polar surface area (TPSA) is 78.3 Å². The second-order valence-corrected chi connectivity index (χ2v) is 4.97. The number of anilines is 1. The highest BCUT2D eigenvalue weighted by atomic mass is 35.5. The van der Waals surface area contributed by atoms with Gasteiger partial charge in [-0.25, -0.2) is 0 Å². The van der Waals surface area contributed by atoms with E-state index >= 15 is 0 Å². The summed E-state index contributed by atoms with van der Waals surface area (Å²) in [6, 6.07) is 9.93. The summed E-state index contributed by atoms with van der Waals surface area (Å²) in [4.78, 5) is 11.1. The molecule has 0 aliphatic rings. The van der Waals surface area contributed by atoms with Gasteiger partial charge in [0, 0.05) is 11.6 Å². The van der Waals surface area contributed by atoms with E-state index in [0.717, 1.165) is 5.56 Å². The van der Waals surface area contributed by atoms with E-state index in [1.165, 1.54) is 6.07 Å². The average molecular weight is 311 g/mol. The summed E-state index contributed by atoms with van der Waals surface area (Å²) in [5.41, 5.74) is 12.6.